The van der Waals surface area contributed by atoms with Gasteiger partial charge >= 0.3 is 5.97 Å². The van der Waals surface area contributed by atoms with E-state index in [0.29, 0.717) is 5.56 Å². The number of ether oxygens (including phenoxy) is 1. The van der Waals surface area contributed by atoms with Crippen molar-refractivity contribution in [2.24, 2.45) is 5.92 Å². The van der Waals surface area contributed by atoms with Gasteiger partial charge < -0.3 is 9.64 Å². The van der Waals surface area contributed by atoms with E-state index in [0.717, 1.165) is 53.8 Å². The number of likely N-dealkylation sites (N-methyl/N-ethyl adjacent to an activating group) is 1. The van der Waals surface area contributed by atoms with E-state index in [4.69, 9.17) is 4.74 Å². The van der Waals surface area contributed by atoms with Gasteiger partial charge in [-0.25, -0.2) is 4.79 Å². The summed E-state index contributed by atoms with van der Waals surface area (Å²) in [7, 11) is 1.81. The summed E-state index contributed by atoms with van der Waals surface area (Å²) in [6.07, 6.45) is 4.32. The lowest BCUT2D eigenvalue weighted by atomic mass is 9.87. The van der Waals surface area contributed by atoms with Gasteiger partial charge in [-0.2, -0.15) is 0 Å². The van der Waals surface area contributed by atoms with E-state index < -0.39 is 5.97 Å². The number of pyridine rings is 1. The Kier molecular flexibility index (Phi) is 5.78. The Morgan fingerprint density at radius 2 is 1.85 bits per heavy atom. The first-order valence-electron chi connectivity index (χ1n) is 9.66. The van der Waals surface area contributed by atoms with E-state index in [2.05, 4.69) is 11.9 Å². The highest BCUT2D eigenvalue weighted by molar-refractivity contribution is 6.04. The quantitative estimate of drug-likeness (QED) is 0.764. The van der Waals surface area contributed by atoms with Crippen molar-refractivity contribution in [1.82, 2.24) is 9.88 Å². The van der Waals surface area contributed by atoms with Gasteiger partial charge in [0.05, 0.1) is 11.1 Å². The maximum atomic E-state index is 12.6. The Bertz CT molecular complexity index is 854. The molecule has 1 heterocycles. The minimum Gasteiger partial charge on any atom is -0.452 e. The third kappa shape index (κ3) is 4.46. The van der Waals surface area contributed by atoms with Gasteiger partial charge in [-0.15, -0.1) is 0 Å². The van der Waals surface area contributed by atoms with Crippen LogP contribution in [0.15, 0.2) is 24.3 Å². The molecule has 0 saturated heterocycles. The van der Waals surface area contributed by atoms with Crippen molar-refractivity contribution in [3.63, 3.8) is 0 Å². The van der Waals surface area contributed by atoms with E-state index in [1.54, 1.807) is 11.0 Å². The van der Waals surface area contributed by atoms with Crippen LogP contribution in [-0.2, 0) is 9.53 Å². The number of rotatable bonds is 4. The van der Waals surface area contributed by atoms with Crippen molar-refractivity contribution >= 4 is 22.8 Å². The van der Waals surface area contributed by atoms with Gasteiger partial charge in [0, 0.05) is 24.2 Å². The molecular weight excluding hydrogens is 340 g/mol. The lowest BCUT2D eigenvalue weighted by molar-refractivity contribution is -0.136. The fourth-order valence-electron chi connectivity index (χ4n) is 3.78. The number of carbonyl (C=O) groups is 2. The summed E-state index contributed by atoms with van der Waals surface area (Å²) < 4.78 is 5.37. The van der Waals surface area contributed by atoms with Crippen molar-refractivity contribution in [1.29, 1.82) is 0 Å². The van der Waals surface area contributed by atoms with Gasteiger partial charge in [0.15, 0.2) is 6.61 Å². The summed E-state index contributed by atoms with van der Waals surface area (Å²) in [6.45, 7) is 5.84. The third-order valence-corrected chi connectivity index (χ3v) is 5.57. The maximum Gasteiger partial charge on any atom is 0.339 e. The van der Waals surface area contributed by atoms with Gasteiger partial charge in [0.1, 0.15) is 0 Å². The van der Waals surface area contributed by atoms with E-state index in [1.165, 1.54) is 0 Å². The predicted molar refractivity (Wildman–Crippen MR) is 106 cm³/mol. The van der Waals surface area contributed by atoms with E-state index in [9.17, 15) is 9.59 Å². The van der Waals surface area contributed by atoms with Gasteiger partial charge in [-0.1, -0.05) is 18.6 Å². The fourth-order valence-corrected chi connectivity index (χ4v) is 3.78. The molecule has 0 aliphatic heterocycles. The van der Waals surface area contributed by atoms with Crippen LogP contribution in [-0.4, -0.2) is 41.5 Å². The smallest absolute Gasteiger partial charge is 0.339 e. The average Bonchev–Trinajstić information content (AvgIpc) is 2.65. The third-order valence-electron chi connectivity index (χ3n) is 5.57. The standard InChI is InChI=1S/C22H28N2O3/c1-14-5-8-17(9-6-14)24(4)21(25)13-27-22(26)19-12-16(3)23-20-10-7-15(2)11-18(19)20/h7,10-12,14,17H,5-6,8-9,13H2,1-4H3. The molecule has 0 N–H and O–H groups in total. The number of aryl methyl sites for hydroxylation is 2. The van der Waals surface area contributed by atoms with Crippen LogP contribution < -0.4 is 0 Å². The molecule has 2 aromatic rings. The molecule has 0 spiro atoms. The highest BCUT2D eigenvalue weighted by atomic mass is 16.5. The number of hydrogen-bond donors (Lipinski definition) is 0. The number of carbonyl (C=O) groups excluding carboxylic acids is 2. The van der Waals surface area contributed by atoms with E-state index >= 15 is 0 Å². The Balaban J connectivity index is 1.68. The van der Waals surface area contributed by atoms with Crippen molar-refractivity contribution in [3.05, 3.63) is 41.1 Å². The first kappa shape index (κ1) is 19.3. The van der Waals surface area contributed by atoms with Crippen LogP contribution >= 0.6 is 0 Å². The van der Waals surface area contributed by atoms with E-state index in [1.807, 2.05) is 39.1 Å². The summed E-state index contributed by atoms with van der Waals surface area (Å²) in [4.78, 5) is 31.3. The zero-order chi connectivity index (χ0) is 19.6. The molecule has 1 fully saturated rings. The molecule has 1 saturated carbocycles. The molecule has 144 valence electrons. The Morgan fingerprint density at radius 1 is 1.15 bits per heavy atom. The van der Waals surface area contributed by atoms with Gasteiger partial charge in [0.2, 0.25) is 0 Å². The highest BCUT2D eigenvalue weighted by Crippen LogP contribution is 2.26. The van der Waals surface area contributed by atoms with Gasteiger partial charge in [-0.05, 0) is 63.6 Å². The maximum absolute atomic E-state index is 12.6. The largest absolute Gasteiger partial charge is 0.452 e. The minimum absolute atomic E-state index is 0.144. The molecule has 5 heteroatoms. The number of amides is 1. The number of hydrogen-bond acceptors (Lipinski definition) is 4. The van der Waals surface area contributed by atoms with Crippen molar-refractivity contribution in [2.75, 3.05) is 13.7 Å². The SMILES string of the molecule is Cc1ccc2nc(C)cc(C(=O)OCC(=O)N(C)C3CCC(C)CC3)c2c1. The second kappa shape index (κ2) is 8.07. The second-order valence-corrected chi connectivity index (χ2v) is 7.83. The molecule has 0 bridgehead atoms. The lowest BCUT2D eigenvalue weighted by Gasteiger charge is -2.33. The zero-order valence-corrected chi connectivity index (χ0v) is 16.6. The van der Waals surface area contributed by atoms with Crippen molar-refractivity contribution < 1.29 is 14.3 Å². The van der Waals surface area contributed by atoms with Gasteiger partial charge in [0.25, 0.3) is 5.91 Å². The highest BCUT2D eigenvalue weighted by Gasteiger charge is 2.25. The van der Waals surface area contributed by atoms with Crippen LogP contribution in [0, 0.1) is 19.8 Å². The van der Waals surface area contributed by atoms with Crippen molar-refractivity contribution in [2.45, 2.75) is 52.5 Å². The molecule has 1 aromatic heterocycles. The molecule has 5 nitrogen and oxygen atoms in total. The molecule has 27 heavy (non-hydrogen) atoms. The molecule has 3 rings (SSSR count). The molecule has 0 atom stereocenters. The number of benzene rings is 1. The number of aromatic nitrogens is 1. The lowest BCUT2D eigenvalue weighted by Crippen LogP contribution is -2.41. The summed E-state index contributed by atoms with van der Waals surface area (Å²) in [5.41, 5.74) is 3.01. The first-order valence-corrected chi connectivity index (χ1v) is 9.66. The molecule has 1 aromatic carbocycles. The van der Waals surface area contributed by atoms with Crippen LogP contribution in [0.5, 0.6) is 0 Å². The predicted octanol–water partition coefficient (Wildman–Crippen LogP) is 4.05. The zero-order valence-electron chi connectivity index (χ0n) is 16.6. The van der Waals surface area contributed by atoms with Crippen molar-refractivity contribution in [3.8, 4) is 0 Å². The molecular formula is C22H28N2O3. The molecule has 1 amide bonds. The normalized spacial score (nSPS) is 19.7. The number of nitrogens with zero attached hydrogens (tertiary/aromatic N) is 2. The van der Waals surface area contributed by atoms with Crippen LogP contribution in [0.2, 0.25) is 0 Å². The topological polar surface area (TPSA) is 59.5 Å². The summed E-state index contributed by atoms with van der Waals surface area (Å²) >= 11 is 0. The molecule has 0 unspecified atom stereocenters. The summed E-state index contributed by atoms with van der Waals surface area (Å²) in [5, 5.41) is 0.757. The average molecular weight is 368 g/mol. The second-order valence-electron chi connectivity index (χ2n) is 7.83. The Morgan fingerprint density at radius 3 is 2.56 bits per heavy atom. The minimum atomic E-state index is -0.477. The molecule has 1 aliphatic rings. The van der Waals surface area contributed by atoms with Crippen LogP contribution in [0.25, 0.3) is 10.9 Å². The van der Waals surface area contributed by atoms with E-state index in [-0.39, 0.29) is 18.6 Å². The first-order chi connectivity index (χ1) is 12.8. The van der Waals surface area contributed by atoms with Gasteiger partial charge in [-0.3, -0.25) is 9.78 Å². The molecule has 0 radical (unpaired) electrons. The fraction of sp³-hybridized carbons (Fsp3) is 0.500. The Hall–Kier alpha value is -2.43. The Labute approximate surface area is 160 Å². The summed E-state index contributed by atoms with van der Waals surface area (Å²) in [5.74, 6) is 0.110. The number of esters is 1. The monoisotopic (exact) mass is 368 g/mol. The van der Waals surface area contributed by atoms with Crippen LogP contribution in [0.4, 0.5) is 0 Å². The van der Waals surface area contributed by atoms with Crippen LogP contribution in [0.3, 0.4) is 0 Å². The molecule has 1 aliphatic carbocycles. The number of fused-ring (bicyclic) bond motifs is 1. The van der Waals surface area contributed by atoms with Crippen LogP contribution in [0.1, 0.15) is 54.2 Å². The summed E-state index contributed by atoms with van der Waals surface area (Å²) in [6, 6.07) is 7.76.